The molecule has 9 nitrogen and oxygen atoms in total. The number of nitrogens with zero attached hydrogens (tertiary/aromatic N) is 4. The van der Waals surface area contributed by atoms with Gasteiger partial charge in [0, 0.05) is 5.56 Å². The van der Waals surface area contributed by atoms with Crippen LogP contribution >= 0.6 is 0 Å². The molecule has 2 aromatic rings. The molecular weight excluding hydrogens is 324 g/mol. The van der Waals surface area contributed by atoms with Gasteiger partial charge in [0.05, 0.1) is 18.3 Å². The highest BCUT2D eigenvalue weighted by Gasteiger charge is 2.30. The van der Waals surface area contributed by atoms with E-state index in [9.17, 15) is 9.90 Å². The Bertz CT molecular complexity index is 732. The minimum atomic E-state index is -1.04. The van der Waals surface area contributed by atoms with Gasteiger partial charge >= 0.3 is 6.03 Å². The number of carbonyl (C=O) groups excluding carboxylic acids is 1. The molecular formula is C16H24N6O3. The molecule has 2 heterocycles. The van der Waals surface area contributed by atoms with E-state index in [1.165, 1.54) is 6.26 Å². The summed E-state index contributed by atoms with van der Waals surface area (Å²) in [5, 5.41) is 27.7. The molecule has 0 saturated heterocycles. The molecule has 9 heteroatoms. The highest BCUT2D eigenvalue weighted by molar-refractivity contribution is 5.89. The fourth-order valence-electron chi connectivity index (χ4n) is 3.03. The third-order valence-electron chi connectivity index (χ3n) is 4.50. The molecule has 0 spiro atoms. The first-order valence-corrected chi connectivity index (χ1v) is 8.48. The van der Waals surface area contributed by atoms with Crippen LogP contribution in [0.5, 0.6) is 0 Å². The molecule has 136 valence electrons. The van der Waals surface area contributed by atoms with Gasteiger partial charge in [-0.1, -0.05) is 23.2 Å². The summed E-state index contributed by atoms with van der Waals surface area (Å²) in [4.78, 5) is 12.3. The van der Waals surface area contributed by atoms with Crippen LogP contribution in [0.15, 0.2) is 17.0 Å². The van der Waals surface area contributed by atoms with Gasteiger partial charge in [0.15, 0.2) is 5.82 Å². The molecule has 1 fully saturated rings. The third-order valence-corrected chi connectivity index (χ3v) is 4.50. The van der Waals surface area contributed by atoms with Gasteiger partial charge in [0.1, 0.15) is 17.6 Å². The summed E-state index contributed by atoms with van der Waals surface area (Å²) in [7, 11) is 0. The molecule has 1 aliphatic rings. The lowest BCUT2D eigenvalue weighted by atomic mass is 9.90. The van der Waals surface area contributed by atoms with Gasteiger partial charge in [-0.3, -0.25) is 5.32 Å². The van der Waals surface area contributed by atoms with Crippen molar-refractivity contribution in [1.29, 1.82) is 0 Å². The Morgan fingerprint density at radius 3 is 2.80 bits per heavy atom. The standard InChI is InChI=1S/C16H24N6O3/c1-10-9-25-20-14(10)18-15(23)17-11-6-4-5-7-12(11)22-8-13(19-21-22)16(2,3)24/h8-9,11-12,24H,4-7H2,1-3H3,(H2,17,18,20,23)/t11-,12+/m0/s1. The first-order chi connectivity index (χ1) is 11.8. The first kappa shape index (κ1) is 17.4. The van der Waals surface area contributed by atoms with Crippen molar-refractivity contribution in [2.45, 2.75) is 64.1 Å². The van der Waals surface area contributed by atoms with E-state index >= 15 is 0 Å². The van der Waals surface area contributed by atoms with Crippen molar-refractivity contribution in [3.63, 3.8) is 0 Å². The van der Waals surface area contributed by atoms with Crippen molar-refractivity contribution in [2.24, 2.45) is 0 Å². The molecule has 0 radical (unpaired) electrons. The molecule has 3 N–H and O–H groups in total. The zero-order valence-electron chi connectivity index (χ0n) is 14.7. The summed E-state index contributed by atoms with van der Waals surface area (Å²) < 4.78 is 6.57. The van der Waals surface area contributed by atoms with Crippen LogP contribution in [-0.2, 0) is 5.60 Å². The lowest BCUT2D eigenvalue weighted by molar-refractivity contribution is 0.0736. The van der Waals surface area contributed by atoms with Gasteiger partial charge in [-0.25, -0.2) is 9.48 Å². The lowest BCUT2D eigenvalue weighted by Crippen LogP contribution is -2.45. The molecule has 3 rings (SSSR count). The fraction of sp³-hybridized carbons (Fsp3) is 0.625. The monoisotopic (exact) mass is 348 g/mol. The van der Waals surface area contributed by atoms with Crippen LogP contribution in [0.4, 0.5) is 10.6 Å². The normalized spacial score (nSPS) is 21.1. The van der Waals surface area contributed by atoms with Crippen molar-refractivity contribution in [3.8, 4) is 0 Å². The minimum absolute atomic E-state index is 0.00139. The minimum Gasteiger partial charge on any atom is -0.384 e. The maximum absolute atomic E-state index is 12.3. The molecule has 0 aliphatic heterocycles. The molecule has 0 unspecified atom stereocenters. The van der Waals surface area contributed by atoms with E-state index in [1.807, 2.05) is 6.92 Å². The fourth-order valence-corrected chi connectivity index (χ4v) is 3.03. The second-order valence-electron chi connectivity index (χ2n) is 7.05. The van der Waals surface area contributed by atoms with Crippen LogP contribution in [0.3, 0.4) is 0 Å². The molecule has 25 heavy (non-hydrogen) atoms. The number of nitrogens with one attached hydrogen (secondary N) is 2. The van der Waals surface area contributed by atoms with Crippen LogP contribution in [0.1, 0.15) is 56.8 Å². The number of rotatable bonds is 4. The van der Waals surface area contributed by atoms with Crippen molar-refractivity contribution in [2.75, 3.05) is 5.32 Å². The van der Waals surface area contributed by atoms with Gasteiger partial charge in [-0.2, -0.15) is 0 Å². The number of carbonyl (C=O) groups is 1. The Labute approximate surface area is 145 Å². The van der Waals surface area contributed by atoms with E-state index in [2.05, 4.69) is 26.1 Å². The predicted octanol–water partition coefficient (Wildman–Crippen LogP) is 2.11. The SMILES string of the molecule is Cc1conc1NC(=O)N[C@H]1CCCC[C@H]1n1cc(C(C)(C)O)nn1. The number of urea groups is 1. The Morgan fingerprint density at radius 2 is 2.16 bits per heavy atom. The maximum atomic E-state index is 12.3. The van der Waals surface area contributed by atoms with Gasteiger partial charge in [0.25, 0.3) is 0 Å². The lowest BCUT2D eigenvalue weighted by Gasteiger charge is -2.31. The zero-order chi connectivity index (χ0) is 18.0. The number of amides is 2. The summed E-state index contributed by atoms with van der Waals surface area (Å²) in [6, 6.07) is -0.393. The molecule has 0 bridgehead atoms. The summed E-state index contributed by atoms with van der Waals surface area (Å²) >= 11 is 0. The Hall–Kier alpha value is -2.42. The summed E-state index contributed by atoms with van der Waals surface area (Å²) in [6.07, 6.45) is 7.08. The number of aromatic nitrogens is 4. The molecule has 1 aliphatic carbocycles. The molecule has 2 amide bonds. The van der Waals surface area contributed by atoms with Gasteiger partial charge in [-0.05, 0) is 33.6 Å². The molecule has 2 aromatic heterocycles. The molecule has 2 atom stereocenters. The van der Waals surface area contributed by atoms with E-state index in [1.54, 1.807) is 24.7 Å². The number of aryl methyl sites for hydroxylation is 1. The Balaban J connectivity index is 1.69. The van der Waals surface area contributed by atoms with E-state index in [0.717, 1.165) is 31.2 Å². The van der Waals surface area contributed by atoms with Gasteiger partial charge < -0.3 is 14.9 Å². The van der Waals surface area contributed by atoms with Crippen molar-refractivity contribution < 1.29 is 14.4 Å². The van der Waals surface area contributed by atoms with Gasteiger partial charge in [-0.15, -0.1) is 5.10 Å². The smallest absolute Gasteiger partial charge is 0.320 e. The van der Waals surface area contributed by atoms with E-state index in [4.69, 9.17) is 4.52 Å². The quantitative estimate of drug-likeness (QED) is 0.779. The Kier molecular flexibility index (Phi) is 4.76. The third kappa shape index (κ3) is 3.98. The molecule has 1 saturated carbocycles. The van der Waals surface area contributed by atoms with Crippen LogP contribution < -0.4 is 10.6 Å². The van der Waals surface area contributed by atoms with Crippen molar-refractivity contribution in [3.05, 3.63) is 23.7 Å². The van der Waals surface area contributed by atoms with Crippen molar-refractivity contribution in [1.82, 2.24) is 25.5 Å². The average Bonchev–Trinajstić information content (AvgIpc) is 3.17. The van der Waals surface area contributed by atoms with E-state index < -0.39 is 5.60 Å². The topological polar surface area (TPSA) is 118 Å². The maximum Gasteiger partial charge on any atom is 0.320 e. The zero-order valence-corrected chi connectivity index (χ0v) is 14.7. The van der Waals surface area contributed by atoms with Crippen molar-refractivity contribution >= 4 is 11.8 Å². The first-order valence-electron chi connectivity index (χ1n) is 8.48. The summed E-state index contributed by atoms with van der Waals surface area (Å²) in [5.41, 5.74) is 0.235. The van der Waals surface area contributed by atoms with Crippen LogP contribution in [-0.4, -0.2) is 37.3 Å². The van der Waals surface area contributed by atoms with Crippen LogP contribution in [0.2, 0.25) is 0 Å². The second-order valence-corrected chi connectivity index (χ2v) is 7.05. The van der Waals surface area contributed by atoms with Crippen LogP contribution in [0.25, 0.3) is 0 Å². The number of hydrogen-bond acceptors (Lipinski definition) is 6. The van der Waals surface area contributed by atoms with E-state index in [-0.39, 0.29) is 18.1 Å². The summed E-state index contributed by atoms with van der Waals surface area (Å²) in [5.74, 6) is 0.412. The largest absolute Gasteiger partial charge is 0.384 e. The average molecular weight is 348 g/mol. The predicted molar refractivity (Wildman–Crippen MR) is 90.0 cm³/mol. The van der Waals surface area contributed by atoms with E-state index in [0.29, 0.717) is 11.5 Å². The summed E-state index contributed by atoms with van der Waals surface area (Å²) in [6.45, 7) is 5.15. The number of aliphatic hydroxyl groups is 1. The number of anilines is 1. The molecule has 0 aromatic carbocycles. The number of hydrogen-bond donors (Lipinski definition) is 3. The van der Waals surface area contributed by atoms with Crippen LogP contribution in [0, 0.1) is 6.92 Å². The van der Waals surface area contributed by atoms with Gasteiger partial charge in [0.2, 0.25) is 0 Å². The highest BCUT2D eigenvalue weighted by atomic mass is 16.5. The second kappa shape index (κ2) is 6.83. The highest BCUT2D eigenvalue weighted by Crippen LogP contribution is 2.29. The Morgan fingerprint density at radius 1 is 1.40 bits per heavy atom.